The molecule has 0 radical (unpaired) electrons. The molecule has 98 valence electrons. The first-order valence-electron chi connectivity index (χ1n) is 7.06. The fourth-order valence-corrected chi connectivity index (χ4v) is 2.97. The molecular formula is C17H20N2. The first-order valence-corrected chi connectivity index (χ1v) is 7.06. The number of pyridine rings is 1. The Morgan fingerprint density at radius 3 is 2.89 bits per heavy atom. The van der Waals surface area contributed by atoms with Crippen molar-refractivity contribution >= 4 is 0 Å². The molecule has 2 heteroatoms. The fraction of sp³-hybridized carbons (Fsp3) is 0.353. The molecule has 1 aromatic heterocycles. The minimum atomic E-state index is 0.546. The smallest absolute Gasteiger partial charge is 0.0346 e. The highest BCUT2D eigenvalue weighted by Gasteiger charge is 2.21. The molecule has 1 aliphatic rings. The van der Waals surface area contributed by atoms with Gasteiger partial charge in [-0.25, -0.2) is 0 Å². The highest BCUT2D eigenvalue weighted by molar-refractivity contribution is 5.65. The molecular weight excluding hydrogens is 232 g/mol. The van der Waals surface area contributed by atoms with Crippen molar-refractivity contribution in [3.8, 4) is 11.1 Å². The number of rotatable bonds is 3. The second-order valence-corrected chi connectivity index (χ2v) is 5.31. The van der Waals surface area contributed by atoms with Gasteiger partial charge in [-0.2, -0.15) is 0 Å². The van der Waals surface area contributed by atoms with Gasteiger partial charge in [-0.1, -0.05) is 25.1 Å². The van der Waals surface area contributed by atoms with Crippen molar-refractivity contribution in [2.75, 3.05) is 6.54 Å². The lowest BCUT2D eigenvalue weighted by atomic mass is 10.00. The Hall–Kier alpha value is -1.67. The van der Waals surface area contributed by atoms with E-state index in [0.717, 1.165) is 6.54 Å². The molecule has 0 spiro atoms. The summed E-state index contributed by atoms with van der Waals surface area (Å²) in [5.74, 6) is 0. The summed E-state index contributed by atoms with van der Waals surface area (Å²) < 4.78 is 0. The maximum Gasteiger partial charge on any atom is 0.0346 e. The summed E-state index contributed by atoms with van der Waals surface area (Å²) in [7, 11) is 0. The summed E-state index contributed by atoms with van der Waals surface area (Å²) in [6, 6.07) is 9.59. The van der Waals surface area contributed by atoms with Crippen LogP contribution in [0, 0.1) is 6.92 Å². The molecule has 3 rings (SSSR count). The lowest BCUT2D eigenvalue weighted by Crippen LogP contribution is -2.18. The molecule has 0 fully saturated rings. The van der Waals surface area contributed by atoms with E-state index in [9.17, 15) is 0 Å². The van der Waals surface area contributed by atoms with Crippen molar-refractivity contribution in [3.05, 3.63) is 53.3 Å². The number of aromatic nitrogens is 1. The molecule has 0 amide bonds. The second-order valence-electron chi connectivity index (χ2n) is 5.31. The number of aryl methyl sites for hydroxylation is 2. The molecule has 0 saturated heterocycles. The van der Waals surface area contributed by atoms with Crippen LogP contribution in [0.2, 0.25) is 0 Å². The first-order chi connectivity index (χ1) is 9.28. The van der Waals surface area contributed by atoms with Gasteiger partial charge in [-0.05, 0) is 54.6 Å². The van der Waals surface area contributed by atoms with Crippen LogP contribution in [0.4, 0.5) is 0 Å². The summed E-state index contributed by atoms with van der Waals surface area (Å²) in [5.41, 5.74) is 6.68. The predicted octanol–water partition coefficient (Wildman–Crippen LogP) is 3.65. The van der Waals surface area contributed by atoms with Crippen molar-refractivity contribution in [2.45, 2.75) is 32.7 Å². The molecule has 1 aliphatic carbocycles. The van der Waals surface area contributed by atoms with Gasteiger partial charge in [0.05, 0.1) is 0 Å². The van der Waals surface area contributed by atoms with Crippen molar-refractivity contribution in [3.63, 3.8) is 0 Å². The molecule has 2 aromatic rings. The molecule has 19 heavy (non-hydrogen) atoms. The standard InChI is InChI=1S/C17H20N2/c1-3-19-17-7-5-14-9-13(4-6-16(14)17)15-8-12(2)10-18-11-15/h4,6,8-11,17,19H,3,5,7H2,1-2H3. The zero-order valence-corrected chi connectivity index (χ0v) is 11.6. The van der Waals surface area contributed by atoms with E-state index in [1.807, 2.05) is 12.4 Å². The quantitative estimate of drug-likeness (QED) is 0.902. The second kappa shape index (κ2) is 5.14. The summed E-state index contributed by atoms with van der Waals surface area (Å²) in [6.45, 7) is 5.30. The Morgan fingerprint density at radius 2 is 2.11 bits per heavy atom. The van der Waals surface area contributed by atoms with Crippen LogP contribution in [0.25, 0.3) is 11.1 Å². The first kappa shape index (κ1) is 12.4. The van der Waals surface area contributed by atoms with Gasteiger partial charge in [-0.3, -0.25) is 4.98 Å². The molecule has 1 aromatic carbocycles. The van der Waals surface area contributed by atoms with Gasteiger partial charge in [0.15, 0.2) is 0 Å². The van der Waals surface area contributed by atoms with E-state index < -0.39 is 0 Å². The molecule has 0 bridgehead atoms. The maximum atomic E-state index is 4.29. The van der Waals surface area contributed by atoms with Gasteiger partial charge < -0.3 is 5.32 Å². The average Bonchev–Trinajstić information content (AvgIpc) is 2.82. The van der Waals surface area contributed by atoms with Crippen molar-refractivity contribution in [1.29, 1.82) is 0 Å². The fourth-order valence-electron chi connectivity index (χ4n) is 2.97. The number of nitrogens with one attached hydrogen (secondary N) is 1. The van der Waals surface area contributed by atoms with E-state index >= 15 is 0 Å². The minimum absolute atomic E-state index is 0.546. The van der Waals surface area contributed by atoms with Crippen LogP contribution >= 0.6 is 0 Å². The van der Waals surface area contributed by atoms with E-state index in [1.165, 1.54) is 40.7 Å². The Bertz CT molecular complexity index is 590. The number of nitrogens with zero attached hydrogens (tertiary/aromatic N) is 1. The highest BCUT2D eigenvalue weighted by atomic mass is 14.9. The largest absolute Gasteiger partial charge is 0.310 e. The molecule has 1 N–H and O–H groups in total. The van der Waals surface area contributed by atoms with Gasteiger partial charge >= 0.3 is 0 Å². The topological polar surface area (TPSA) is 24.9 Å². The van der Waals surface area contributed by atoms with Crippen LogP contribution in [0.15, 0.2) is 36.7 Å². The zero-order valence-electron chi connectivity index (χ0n) is 11.6. The van der Waals surface area contributed by atoms with E-state index in [1.54, 1.807) is 0 Å². The van der Waals surface area contributed by atoms with Crippen LogP contribution < -0.4 is 5.32 Å². The molecule has 1 heterocycles. The van der Waals surface area contributed by atoms with Crippen molar-refractivity contribution in [1.82, 2.24) is 10.3 Å². The molecule has 2 nitrogen and oxygen atoms in total. The number of fused-ring (bicyclic) bond motifs is 1. The van der Waals surface area contributed by atoms with Crippen LogP contribution in [0.3, 0.4) is 0 Å². The summed E-state index contributed by atoms with van der Waals surface area (Å²) in [6.07, 6.45) is 6.25. The van der Waals surface area contributed by atoms with Gasteiger partial charge in [-0.15, -0.1) is 0 Å². The lowest BCUT2D eigenvalue weighted by Gasteiger charge is -2.12. The van der Waals surface area contributed by atoms with Crippen LogP contribution in [0.1, 0.15) is 36.1 Å². The van der Waals surface area contributed by atoms with Crippen LogP contribution in [-0.4, -0.2) is 11.5 Å². The minimum Gasteiger partial charge on any atom is -0.310 e. The van der Waals surface area contributed by atoms with Gasteiger partial charge in [0, 0.05) is 24.0 Å². The van der Waals surface area contributed by atoms with Gasteiger partial charge in [0.25, 0.3) is 0 Å². The number of hydrogen-bond donors (Lipinski definition) is 1. The van der Waals surface area contributed by atoms with Crippen molar-refractivity contribution in [2.24, 2.45) is 0 Å². The van der Waals surface area contributed by atoms with Gasteiger partial charge in [0.1, 0.15) is 0 Å². The van der Waals surface area contributed by atoms with E-state index in [-0.39, 0.29) is 0 Å². The number of benzene rings is 1. The maximum absolute atomic E-state index is 4.29. The Kier molecular flexibility index (Phi) is 3.34. The van der Waals surface area contributed by atoms with Crippen LogP contribution in [-0.2, 0) is 6.42 Å². The summed E-state index contributed by atoms with van der Waals surface area (Å²) in [4.78, 5) is 4.29. The Morgan fingerprint density at radius 1 is 1.21 bits per heavy atom. The SMILES string of the molecule is CCNC1CCc2cc(-c3cncc(C)c3)ccc21. The van der Waals surface area contributed by atoms with E-state index in [4.69, 9.17) is 0 Å². The predicted molar refractivity (Wildman–Crippen MR) is 79.1 cm³/mol. The molecule has 1 unspecified atom stereocenters. The van der Waals surface area contributed by atoms with E-state index in [2.05, 4.69) is 48.4 Å². The highest BCUT2D eigenvalue weighted by Crippen LogP contribution is 2.34. The third-order valence-corrected chi connectivity index (χ3v) is 3.88. The van der Waals surface area contributed by atoms with Gasteiger partial charge in [0.2, 0.25) is 0 Å². The monoisotopic (exact) mass is 252 g/mol. The lowest BCUT2D eigenvalue weighted by molar-refractivity contribution is 0.549. The average molecular weight is 252 g/mol. The molecule has 1 atom stereocenters. The number of hydrogen-bond acceptors (Lipinski definition) is 2. The van der Waals surface area contributed by atoms with Crippen LogP contribution in [0.5, 0.6) is 0 Å². The van der Waals surface area contributed by atoms with E-state index in [0.29, 0.717) is 6.04 Å². The third-order valence-electron chi connectivity index (χ3n) is 3.88. The Balaban J connectivity index is 1.95. The Labute approximate surface area is 114 Å². The molecule has 0 aliphatic heterocycles. The third kappa shape index (κ3) is 2.41. The summed E-state index contributed by atoms with van der Waals surface area (Å²) in [5, 5.41) is 3.56. The molecule has 0 saturated carbocycles. The van der Waals surface area contributed by atoms with Crippen molar-refractivity contribution < 1.29 is 0 Å². The zero-order chi connectivity index (χ0) is 13.2. The summed E-state index contributed by atoms with van der Waals surface area (Å²) >= 11 is 0. The normalized spacial score (nSPS) is 17.5.